The molecule has 3 fully saturated rings. The third-order valence-electron chi connectivity index (χ3n) is 4.93. The van der Waals surface area contributed by atoms with Gasteiger partial charge >= 0.3 is 0 Å². The van der Waals surface area contributed by atoms with E-state index in [0.29, 0.717) is 0 Å². The van der Waals surface area contributed by atoms with Crippen LogP contribution < -0.4 is 0 Å². The van der Waals surface area contributed by atoms with Crippen molar-refractivity contribution < 1.29 is 0 Å². The quantitative estimate of drug-likeness (QED) is 0.496. The van der Waals surface area contributed by atoms with Gasteiger partial charge in [-0.1, -0.05) is 19.8 Å². The van der Waals surface area contributed by atoms with E-state index in [9.17, 15) is 0 Å². The third kappa shape index (κ3) is 0.625. The molecule has 0 aromatic carbocycles. The fourth-order valence-corrected chi connectivity index (χ4v) is 3.85. The van der Waals surface area contributed by atoms with Gasteiger partial charge in [-0.2, -0.15) is 0 Å². The van der Waals surface area contributed by atoms with Gasteiger partial charge in [0.2, 0.25) is 0 Å². The van der Waals surface area contributed by atoms with Gasteiger partial charge in [0, 0.05) is 0 Å². The highest BCUT2D eigenvalue weighted by Crippen LogP contribution is 2.77. The average Bonchev–Trinajstić information content (AvgIpc) is 2.79. The largest absolute Gasteiger partial charge is 0.0620 e. The third-order valence-corrected chi connectivity index (χ3v) is 4.93. The maximum atomic E-state index is 2.51. The van der Waals surface area contributed by atoms with Gasteiger partial charge in [0.05, 0.1) is 0 Å². The van der Waals surface area contributed by atoms with Crippen molar-refractivity contribution in [3.8, 4) is 0 Å². The molecule has 1 unspecified atom stereocenters. The summed E-state index contributed by atoms with van der Waals surface area (Å²) in [5, 5.41) is 0. The molecule has 0 radical (unpaired) electrons. The molecular formula is C11H18. The lowest BCUT2D eigenvalue weighted by molar-refractivity contribution is 0.119. The topological polar surface area (TPSA) is 0 Å². The monoisotopic (exact) mass is 150 g/mol. The summed E-state index contributed by atoms with van der Waals surface area (Å²) < 4.78 is 0. The fourth-order valence-electron chi connectivity index (χ4n) is 3.85. The number of hydrogen-bond acceptors (Lipinski definition) is 0. The fraction of sp³-hybridized carbons (Fsp3) is 1.00. The first-order valence-corrected chi connectivity index (χ1v) is 5.29. The highest BCUT2D eigenvalue weighted by molar-refractivity contribution is 5.17. The lowest BCUT2D eigenvalue weighted by atomic mass is 9.67. The molecule has 62 valence electrons. The van der Waals surface area contributed by atoms with Gasteiger partial charge in [-0.15, -0.1) is 0 Å². The standard InChI is InChI=1S/C11H18/c1-9-3-2-4-10(5-6-10)11(9)7-8-11/h9H,2-8H2,1H3. The van der Waals surface area contributed by atoms with Crippen molar-refractivity contribution in [2.75, 3.05) is 0 Å². The minimum absolute atomic E-state index is 0.894. The van der Waals surface area contributed by atoms with Crippen molar-refractivity contribution in [3.63, 3.8) is 0 Å². The number of fused-ring (bicyclic) bond motifs is 1. The number of hydrogen-bond donors (Lipinski definition) is 0. The van der Waals surface area contributed by atoms with Crippen LogP contribution in [0, 0.1) is 16.7 Å². The molecule has 3 saturated carbocycles. The van der Waals surface area contributed by atoms with Crippen LogP contribution in [0.25, 0.3) is 0 Å². The van der Waals surface area contributed by atoms with Crippen LogP contribution in [-0.2, 0) is 0 Å². The lowest BCUT2D eigenvalue weighted by Gasteiger charge is -2.37. The van der Waals surface area contributed by atoms with E-state index >= 15 is 0 Å². The summed E-state index contributed by atoms with van der Waals surface area (Å²) >= 11 is 0. The van der Waals surface area contributed by atoms with Gasteiger partial charge in [0.15, 0.2) is 0 Å². The van der Waals surface area contributed by atoms with Crippen LogP contribution in [-0.4, -0.2) is 0 Å². The van der Waals surface area contributed by atoms with Crippen LogP contribution in [0.1, 0.15) is 51.9 Å². The molecular weight excluding hydrogens is 132 g/mol. The van der Waals surface area contributed by atoms with E-state index in [1.807, 2.05) is 0 Å². The summed E-state index contributed by atoms with van der Waals surface area (Å²) in [7, 11) is 0. The molecule has 0 amide bonds. The molecule has 0 heteroatoms. The second-order valence-electron chi connectivity index (χ2n) is 5.23. The predicted octanol–water partition coefficient (Wildman–Crippen LogP) is 3.37. The van der Waals surface area contributed by atoms with Crippen molar-refractivity contribution >= 4 is 0 Å². The lowest BCUT2D eigenvalue weighted by Crippen LogP contribution is -2.29. The molecule has 3 aliphatic rings. The Morgan fingerprint density at radius 3 is 2.18 bits per heavy atom. The Hall–Kier alpha value is 0. The Bertz CT molecular complexity index is 184. The zero-order valence-corrected chi connectivity index (χ0v) is 7.53. The van der Waals surface area contributed by atoms with E-state index < -0.39 is 0 Å². The molecule has 3 rings (SSSR count). The van der Waals surface area contributed by atoms with Gasteiger partial charge in [0.1, 0.15) is 0 Å². The van der Waals surface area contributed by atoms with Crippen LogP contribution in [0.3, 0.4) is 0 Å². The summed E-state index contributed by atoms with van der Waals surface area (Å²) in [6.07, 6.45) is 11.0. The van der Waals surface area contributed by atoms with Gasteiger partial charge in [-0.25, -0.2) is 0 Å². The first kappa shape index (κ1) is 6.51. The molecule has 0 aromatic rings. The van der Waals surface area contributed by atoms with Crippen LogP contribution in [0.2, 0.25) is 0 Å². The van der Waals surface area contributed by atoms with E-state index in [-0.39, 0.29) is 0 Å². The van der Waals surface area contributed by atoms with E-state index in [1.165, 1.54) is 12.8 Å². The molecule has 11 heavy (non-hydrogen) atoms. The van der Waals surface area contributed by atoms with Crippen molar-refractivity contribution in [1.29, 1.82) is 0 Å². The maximum Gasteiger partial charge on any atom is -0.0215 e. The van der Waals surface area contributed by atoms with Crippen LogP contribution in [0.5, 0.6) is 0 Å². The van der Waals surface area contributed by atoms with Crippen LogP contribution in [0.4, 0.5) is 0 Å². The van der Waals surface area contributed by atoms with E-state index in [4.69, 9.17) is 0 Å². The molecule has 2 spiro atoms. The minimum Gasteiger partial charge on any atom is -0.0620 e. The van der Waals surface area contributed by atoms with Gasteiger partial charge in [-0.05, 0) is 48.9 Å². The summed E-state index contributed by atoms with van der Waals surface area (Å²) in [6, 6.07) is 0. The van der Waals surface area contributed by atoms with Crippen molar-refractivity contribution in [1.82, 2.24) is 0 Å². The molecule has 0 heterocycles. The Labute approximate surface area is 69.4 Å². The molecule has 0 bridgehead atoms. The molecule has 3 aliphatic carbocycles. The Balaban J connectivity index is 1.93. The van der Waals surface area contributed by atoms with Crippen molar-refractivity contribution in [2.45, 2.75) is 51.9 Å². The minimum atomic E-state index is 0.894. The first-order chi connectivity index (χ1) is 5.29. The van der Waals surface area contributed by atoms with Crippen molar-refractivity contribution in [3.05, 3.63) is 0 Å². The summed E-state index contributed by atoms with van der Waals surface area (Å²) in [5.74, 6) is 1.07. The maximum absolute atomic E-state index is 2.51. The zero-order valence-electron chi connectivity index (χ0n) is 7.53. The zero-order chi connectivity index (χ0) is 7.53. The highest BCUT2D eigenvalue weighted by atomic mass is 14.7. The Kier molecular flexibility index (Phi) is 0.990. The molecule has 0 saturated heterocycles. The van der Waals surface area contributed by atoms with Gasteiger partial charge < -0.3 is 0 Å². The molecule has 0 nitrogen and oxygen atoms in total. The highest BCUT2D eigenvalue weighted by Gasteiger charge is 2.67. The van der Waals surface area contributed by atoms with E-state index in [1.54, 1.807) is 32.1 Å². The van der Waals surface area contributed by atoms with E-state index in [2.05, 4.69) is 6.92 Å². The average molecular weight is 150 g/mol. The van der Waals surface area contributed by atoms with Gasteiger partial charge in [0.25, 0.3) is 0 Å². The summed E-state index contributed by atoms with van der Waals surface area (Å²) in [6.45, 7) is 2.51. The Morgan fingerprint density at radius 1 is 1.00 bits per heavy atom. The summed E-state index contributed by atoms with van der Waals surface area (Å²) in [5.41, 5.74) is 1.80. The normalized spacial score (nSPS) is 42.8. The second kappa shape index (κ2) is 1.67. The molecule has 1 atom stereocenters. The molecule has 0 aliphatic heterocycles. The van der Waals surface area contributed by atoms with Crippen molar-refractivity contribution in [2.24, 2.45) is 16.7 Å². The first-order valence-electron chi connectivity index (χ1n) is 5.29. The van der Waals surface area contributed by atoms with Crippen LogP contribution >= 0.6 is 0 Å². The SMILES string of the molecule is CC1CCCC2(CC2)C12CC2. The summed E-state index contributed by atoms with van der Waals surface area (Å²) in [4.78, 5) is 0. The molecule has 0 N–H and O–H groups in total. The van der Waals surface area contributed by atoms with Gasteiger partial charge in [-0.3, -0.25) is 0 Å². The second-order valence-corrected chi connectivity index (χ2v) is 5.23. The van der Waals surface area contributed by atoms with E-state index in [0.717, 1.165) is 16.7 Å². The predicted molar refractivity (Wildman–Crippen MR) is 46.3 cm³/mol. The number of rotatable bonds is 0. The Morgan fingerprint density at radius 2 is 1.73 bits per heavy atom. The smallest absolute Gasteiger partial charge is 0.0215 e. The van der Waals surface area contributed by atoms with Crippen LogP contribution in [0.15, 0.2) is 0 Å². The molecule has 0 aromatic heterocycles.